The third-order valence-electron chi connectivity index (χ3n) is 15.4. The first-order valence-corrected chi connectivity index (χ1v) is 24.9. The van der Waals surface area contributed by atoms with Crippen molar-refractivity contribution in [3.8, 4) is 0 Å². The highest BCUT2D eigenvalue weighted by molar-refractivity contribution is 6.39. The monoisotopic (exact) mass is 926 g/mol. The Bertz CT molecular complexity index is 1770. The Morgan fingerprint density at radius 3 is 2.27 bits per heavy atom. The number of piperidine rings is 1. The Hall–Kier alpha value is -3.33. The van der Waals surface area contributed by atoms with E-state index >= 15 is 0 Å². The van der Waals surface area contributed by atoms with E-state index in [9.17, 15) is 44.4 Å². The number of carbonyl (C=O) groups is 5. The molecule has 13 nitrogen and oxygen atoms in total. The van der Waals surface area contributed by atoms with Crippen molar-refractivity contribution in [3.63, 3.8) is 0 Å². The van der Waals surface area contributed by atoms with Crippen LogP contribution in [0.1, 0.15) is 139 Å². The van der Waals surface area contributed by atoms with Gasteiger partial charge in [-0.2, -0.15) is 0 Å². The molecule has 13 heteroatoms. The van der Waals surface area contributed by atoms with Crippen LogP contribution in [0.2, 0.25) is 0 Å². The topological polar surface area (TPSA) is 197 Å². The number of ketones is 3. The summed E-state index contributed by atoms with van der Waals surface area (Å²) in [6, 6.07) is -1.14. The Kier molecular flexibility index (Phi) is 21.7. The lowest BCUT2D eigenvalue weighted by molar-refractivity contribution is -0.241. The maximum atomic E-state index is 14.4. The summed E-state index contributed by atoms with van der Waals surface area (Å²) < 4.78 is 18.1. The molecule has 4 rings (SSSR count). The number of hydrogen-bond acceptors (Lipinski definition) is 12. The number of aliphatic hydroxyl groups is 4. The first-order chi connectivity index (χ1) is 31.2. The van der Waals surface area contributed by atoms with Crippen molar-refractivity contribution in [1.82, 2.24) is 4.90 Å². The van der Waals surface area contributed by atoms with Gasteiger partial charge in [0.25, 0.3) is 11.7 Å². The minimum Gasteiger partial charge on any atom is -0.460 e. The van der Waals surface area contributed by atoms with E-state index in [1.807, 2.05) is 58.1 Å². The summed E-state index contributed by atoms with van der Waals surface area (Å²) in [4.78, 5) is 72.2. The van der Waals surface area contributed by atoms with Gasteiger partial charge in [0.15, 0.2) is 5.78 Å². The van der Waals surface area contributed by atoms with Crippen LogP contribution in [0.25, 0.3) is 0 Å². The maximum Gasteiger partial charge on any atom is 0.329 e. The van der Waals surface area contributed by atoms with Crippen molar-refractivity contribution in [2.24, 2.45) is 53.3 Å². The molecular weight excluding hydrogens is 843 g/mol. The summed E-state index contributed by atoms with van der Waals surface area (Å²) in [7, 11) is 1.38. The highest BCUT2D eigenvalue weighted by Gasteiger charge is 2.52. The molecule has 2 bridgehead atoms. The fraction of sp³-hybridized carbons (Fsp3) is 0.755. The molecule has 0 aromatic carbocycles. The molecule has 0 aromatic heterocycles. The van der Waals surface area contributed by atoms with E-state index in [0.717, 1.165) is 24.8 Å². The zero-order valence-corrected chi connectivity index (χ0v) is 41.4. The van der Waals surface area contributed by atoms with Gasteiger partial charge in [-0.05, 0) is 107 Å². The average molecular weight is 926 g/mol. The van der Waals surface area contributed by atoms with Crippen molar-refractivity contribution in [1.29, 1.82) is 0 Å². The molecule has 1 saturated carbocycles. The van der Waals surface area contributed by atoms with Crippen LogP contribution in [0.15, 0.2) is 47.6 Å². The number of ether oxygens (including phenoxy) is 3. The van der Waals surface area contributed by atoms with E-state index in [-0.39, 0.29) is 73.8 Å². The summed E-state index contributed by atoms with van der Waals surface area (Å²) in [5.41, 5.74) is 1.26. The zero-order chi connectivity index (χ0) is 48.9. The summed E-state index contributed by atoms with van der Waals surface area (Å²) in [5, 5.41) is 44.1. The number of carbonyl (C=O) groups excluding carboxylic acids is 5. The fourth-order valence-corrected chi connectivity index (χ4v) is 10.7. The second kappa shape index (κ2) is 25.9. The summed E-state index contributed by atoms with van der Waals surface area (Å²) >= 11 is 0. The average Bonchev–Trinajstić information content (AvgIpc) is 3.44. The molecule has 4 N–H and O–H groups in total. The second-order valence-electron chi connectivity index (χ2n) is 20.7. The fourth-order valence-electron chi connectivity index (χ4n) is 10.7. The third-order valence-corrected chi connectivity index (χ3v) is 15.4. The SMILES string of the molecule is CO[C@H]1C(=O)[C@@H](C)C[C@H](C)/C=C/C=C/C=C(\C)[C@@H](CO)C[C@@H]2CCC[C@@H](C)C(O)(O2)C(=O)C(=O)N2CCCC[C@H]2C(=O)O[C@H]([C@H](C)CC2CC[C@H](C)[C@H](CO)C2)CC(=O)[C@H](C)/C=C(\C)[C@H]1O. The molecule has 0 radical (unpaired) electrons. The van der Waals surface area contributed by atoms with Gasteiger partial charge in [-0.1, -0.05) is 103 Å². The van der Waals surface area contributed by atoms with Crippen LogP contribution in [0.4, 0.5) is 0 Å². The molecule has 2 unspecified atom stereocenters. The molecule has 0 aromatic rings. The molecule has 0 spiro atoms. The minimum atomic E-state index is -2.46. The van der Waals surface area contributed by atoms with E-state index in [1.54, 1.807) is 26.8 Å². The lowest BCUT2D eigenvalue weighted by Gasteiger charge is -2.39. The summed E-state index contributed by atoms with van der Waals surface area (Å²) in [5.74, 6) is -7.64. The van der Waals surface area contributed by atoms with Gasteiger partial charge in [0, 0.05) is 57.0 Å². The molecule has 3 aliphatic heterocycles. The summed E-state index contributed by atoms with van der Waals surface area (Å²) in [6.45, 7) is 14.8. The predicted octanol–water partition coefficient (Wildman–Crippen LogP) is 7.03. The molecule has 4 aliphatic rings. The van der Waals surface area contributed by atoms with Crippen molar-refractivity contribution in [2.45, 2.75) is 175 Å². The quantitative estimate of drug-likeness (QED) is 0.121. The van der Waals surface area contributed by atoms with Gasteiger partial charge in [-0.15, -0.1) is 0 Å². The number of esters is 1. The lowest BCUT2D eigenvalue weighted by atomic mass is 9.72. The molecule has 3 fully saturated rings. The first kappa shape index (κ1) is 55.3. The number of amides is 1. The highest BCUT2D eigenvalue weighted by atomic mass is 16.6. The van der Waals surface area contributed by atoms with E-state index in [4.69, 9.17) is 14.2 Å². The van der Waals surface area contributed by atoms with Gasteiger partial charge in [-0.3, -0.25) is 19.2 Å². The molecule has 15 atom stereocenters. The van der Waals surface area contributed by atoms with E-state index in [1.165, 1.54) is 12.0 Å². The largest absolute Gasteiger partial charge is 0.460 e. The molecule has 2 saturated heterocycles. The maximum absolute atomic E-state index is 14.4. The molecule has 66 heavy (non-hydrogen) atoms. The van der Waals surface area contributed by atoms with Gasteiger partial charge in [0.2, 0.25) is 5.79 Å². The number of hydrogen-bond donors (Lipinski definition) is 4. The third kappa shape index (κ3) is 14.6. The van der Waals surface area contributed by atoms with Crippen molar-refractivity contribution in [3.05, 3.63) is 47.6 Å². The predicted molar refractivity (Wildman–Crippen MR) is 252 cm³/mol. The minimum absolute atomic E-state index is 0.00919. The van der Waals surface area contributed by atoms with Crippen LogP contribution in [0, 0.1) is 53.3 Å². The smallest absolute Gasteiger partial charge is 0.329 e. The van der Waals surface area contributed by atoms with Crippen LogP contribution in [0.3, 0.4) is 0 Å². The first-order valence-electron chi connectivity index (χ1n) is 24.9. The van der Waals surface area contributed by atoms with Crippen LogP contribution in [0.5, 0.6) is 0 Å². The molecule has 1 amide bonds. The molecule has 3 heterocycles. The van der Waals surface area contributed by atoms with E-state index in [2.05, 4.69) is 6.92 Å². The Morgan fingerprint density at radius 1 is 0.864 bits per heavy atom. The number of fused-ring (bicyclic) bond motifs is 3. The number of nitrogens with zero attached hydrogens (tertiary/aromatic N) is 1. The number of cyclic esters (lactones) is 1. The number of allylic oxidation sites excluding steroid dienone is 6. The molecular formula is C53H83NO12. The second-order valence-corrected chi connectivity index (χ2v) is 20.7. The number of rotatable bonds is 6. The van der Waals surface area contributed by atoms with E-state index < -0.39 is 71.7 Å². The van der Waals surface area contributed by atoms with Crippen molar-refractivity contribution < 1.29 is 58.6 Å². The standard InChI is InChI=1S/C53H83NO12/c1-32-16-11-10-12-17-33(2)42(31-56)28-43-19-15-18-39(8)53(63,66-43)50(60)51(61)54-23-14-13-20-44(54)52(62)65-46(36(5)26-40-22-21-34(3)41(27-40)30-55)29-45(57)35(4)25-38(7)48(59)49(64-9)47(58)37(6)24-32/h10-12,16-17,25,32,34-37,39-44,46,48-49,55-56,59,63H,13-15,18-24,26-31H2,1-9H3/b12-10+,16-11+,33-17+,38-25+/t32-,34+,35-,36-,37+,39-,40?,41+,42-,43+,44+,46+,48-,49+,53?/m1/s1. The number of methoxy groups -OCH3 is 1. The van der Waals surface area contributed by atoms with Gasteiger partial charge in [0.1, 0.15) is 30.1 Å². The van der Waals surface area contributed by atoms with E-state index in [0.29, 0.717) is 62.9 Å². The number of aliphatic hydroxyl groups excluding tert-OH is 3. The van der Waals surface area contributed by atoms with Gasteiger partial charge >= 0.3 is 5.97 Å². The normalized spacial score (nSPS) is 40.2. The van der Waals surface area contributed by atoms with Crippen molar-refractivity contribution in [2.75, 3.05) is 26.9 Å². The molecule has 1 aliphatic carbocycles. The van der Waals surface area contributed by atoms with Crippen LogP contribution >= 0.6 is 0 Å². The summed E-state index contributed by atoms with van der Waals surface area (Å²) in [6.07, 6.45) is 14.0. The Labute approximate surface area is 394 Å². The highest BCUT2D eigenvalue weighted by Crippen LogP contribution is 2.39. The van der Waals surface area contributed by atoms with Gasteiger partial charge in [-0.25, -0.2) is 4.79 Å². The van der Waals surface area contributed by atoms with Crippen molar-refractivity contribution >= 4 is 29.2 Å². The van der Waals surface area contributed by atoms with Crippen LogP contribution in [-0.2, 0) is 38.2 Å². The number of Topliss-reactive ketones (excluding diaryl/α,β-unsaturated/α-hetero) is 3. The van der Waals surface area contributed by atoms with Crippen LogP contribution < -0.4 is 0 Å². The lowest BCUT2D eigenvalue weighted by Crippen LogP contribution is -2.59. The Balaban J connectivity index is 1.72. The van der Waals surface area contributed by atoms with Crippen LogP contribution in [-0.4, -0.2) is 118 Å². The van der Waals surface area contributed by atoms with Gasteiger partial charge < -0.3 is 39.5 Å². The van der Waals surface area contributed by atoms with Gasteiger partial charge in [0.05, 0.1) is 6.10 Å². The Morgan fingerprint density at radius 2 is 1.59 bits per heavy atom. The molecule has 372 valence electrons. The zero-order valence-electron chi connectivity index (χ0n) is 41.4.